The van der Waals surface area contributed by atoms with Crippen molar-refractivity contribution in [3.05, 3.63) is 46.8 Å². The van der Waals surface area contributed by atoms with E-state index >= 15 is 0 Å². The van der Waals surface area contributed by atoms with Crippen molar-refractivity contribution in [2.75, 3.05) is 26.0 Å². The summed E-state index contributed by atoms with van der Waals surface area (Å²) in [6, 6.07) is 6.94. The Morgan fingerprint density at radius 3 is 2.60 bits per heavy atom. The molecule has 0 saturated heterocycles. The summed E-state index contributed by atoms with van der Waals surface area (Å²) in [5, 5.41) is 0. The van der Waals surface area contributed by atoms with E-state index in [0.29, 0.717) is 16.9 Å². The van der Waals surface area contributed by atoms with Gasteiger partial charge in [-0.05, 0) is 19.4 Å². The highest BCUT2D eigenvalue weighted by Gasteiger charge is 2.63. The van der Waals surface area contributed by atoms with Crippen LogP contribution in [0.4, 0.5) is 6.01 Å². The van der Waals surface area contributed by atoms with E-state index in [9.17, 15) is 14.4 Å². The minimum absolute atomic E-state index is 0.0319. The van der Waals surface area contributed by atoms with Gasteiger partial charge in [0.1, 0.15) is 5.69 Å². The molecule has 0 radical (unpaired) electrons. The summed E-state index contributed by atoms with van der Waals surface area (Å²) in [5.74, 6) is -1.38. The van der Waals surface area contributed by atoms with Gasteiger partial charge in [0.05, 0.1) is 25.2 Å². The number of hydrogen-bond donors (Lipinski definition) is 1. The molecule has 0 saturated carbocycles. The van der Waals surface area contributed by atoms with Crippen LogP contribution in [0.1, 0.15) is 31.5 Å². The minimum atomic E-state index is -1.60. The number of carbonyl (C=O) groups excluding carboxylic acids is 3. The first-order valence-electron chi connectivity index (χ1n) is 9.59. The van der Waals surface area contributed by atoms with E-state index in [1.165, 1.54) is 11.9 Å². The summed E-state index contributed by atoms with van der Waals surface area (Å²) in [6.45, 7) is 3.62. The largest absolute Gasteiger partial charge is 0.466 e. The number of nitrogen functional groups attached to an aromatic ring is 1. The van der Waals surface area contributed by atoms with Crippen LogP contribution in [0.2, 0.25) is 0 Å². The van der Waals surface area contributed by atoms with E-state index in [1.807, 2.05) is 0 Å². The quantitative estimate of drug-likeness (QED) is 0.738. The second-order valence-electron chi connectivity index (χ2n) is 6.91. The third-order valence-corrected chi connectivity index (χ3v) is 5.37. The number of esters is 2. The standard InChI is InChI=1S/C21H21N3O6/c1-4-28-14(25)10-13-15(18(26)29-5-2)21(19(27)24(13)3)12-9-7-6-8-11(12)16-17(21)23-20(22)30-16/h6-9H,4-5,10H2,1-3H3,(H2,22,23)/t21-/m1/s1. The SMILES string of the molecule is CCOC(=O)CC1=C(C(=O)OCC)[C@]2(C(=O)N1C)c1ccccc1-c1oc(N)nc12. The fourth-order valence-corrected chi connectivity index (χ4v) is 4.27. The molecule has 4 rings (SSSR count). The van der Waals surface area contributed by atoms with Crippen molar-refractivity contribution in [3.8, 4) is 11.3 Å². The molecule has 9 nitrogen and oxygen atoms in total. The maximum atomic E-state index is 13.7. The van der Waals surface area contributed by atoms with Gasteiger partial charge in [-0.2, -0.15) is 4.98 Å². The molecule has 1 aliphatic heterocycles. The van der Waals surface area contributed by atoms with Crippen molar-refractivity contribution in [1.29, 1.82) is 0 Å². The van der Waals surface area contributed by atoms with Crippen molar-refractivity contribution in [1.82, 2.24) is 9.88 Å². The average Bonchev–Trinajstić information content (AvgIpc) is 3.28. The van der Waals surface area contributed by atoms with Crippen LogP contribution in [0.3, 0.4) is 0 Å². The number of aromatic nitrogens is 1. The smallest absolute Gasteiger partial charge is 0.337 e. The lowest BCUT2D eigenvalue weighted by atomic mass is 9.74. The van der Waals surface area contributed by atoms with Gasteiger partial charge in [0.25, 0.3) is 6.01 Å². The molecule has 2 heterocycles. The fraction of sp³-hybridized carbons (Fsp3) is 0.333. The van der Waals surface area contributed by atoms with Crippen LogP contribution in [0.25, 0.3) is 11.3 Å². The number of hydrogen-bond acceptors (Lipinski definition) is 8. The molecule has 2 aliphatic rings. The summed E-state index contributed by atoms with van der Waals surface area (Å²) in [6.07, 6.45) is -0.267. The van der Waals surface area contributed by atoms with E-state index in [4.69, 9.17) is 19.6 Å². The average molecular weight is 411 g/mol. The van der Waals surface area contributed by atoms with E-state index in [1.54, 1.807) is 38.1 Å². The van der Waals surface area contributed by atoms with Crippen molar-refractivity contribution in [2.45, 2.75) is 25.7 Å². The first kappa shape index (κ1) is 19.7. The predicted octanol–water partition coefficient (Wildman–Crippen LogP) is 1.77. The van der Waals surface area contributed by atoms with E-state index < -0.39 is 23.3 Å². The Kier molecular flexibility index (Phi) is 4.60. The molecule has 1 aromatic carbocycles. The Balaban J connectivity index is 2.04. The molecule has 2 N–H and O–H groups in total. The van der Waals surface area contributed by atoms with Crippen LogP contribution in [0, 0.1) is 0 Å². The summed E-state index contributed by atoms with van der Waals surface area (Å²) >= 11 is 0. The fourth-order valence-electron chi connectivity index (χ4n) is 4.27. The molecular weight excluding hydrogens is 390 g/mol. The molecular formula is C21H21N3O6. The van der Waals surface area contributed by atoms with Gasteiger partial charge in [-0.3, -0.25) is 9.59 Å². The van der Waals surface area contributed by atoms with E-state index in [0.717, 1.165) is 0 Å². The Bertz CT molecular complexity index is 1100. The Morgan fingerprint density at radius 1 is 1.20 bits per heavy atom. The van der Waals surface area contributed by atoms with Gasteiger partial charge in [0.15, 0.2) is 11.2 Å². The van der Waals surface area contributed by atoms with Gasteiger partial charge in [0.2, 0.25) is 5.91 Å². The zero-order valence-corrected chi connectivity index (χ0v) is 16.9. The van der Waals surface area contributed by atoms with E-state index in [-0.39, 0.29) is 42.6 Å². The Labute approximate surface area is 172 Å². The molecule has 1 aliphatic carbocycles. The molecule has 1 spiro atoms. The number of amides is 1. The molecule has 0 unspecified atom stereocenters. The van der Waals surface area contributed by atoms with Gasteiger partial charge < -0.3 is 24.5 Å². The number of oxazole rings is 1. The molecule has 30 heavy (non-hydrogen) atoms. The van der Waals surface area contributed by atoms with Crippen LogP contribution in [0.5, 0.6) is 0 Å². The topological polar surface area (TPSA) is 125 Å². The Morgan fingerprint density at radius 2 is 1.90 bits per heavy atom. The van der Waals surface area contributed by atoms with Gasteiger partial charge in [-0.1, -0.05) is 24.3 Å². The first-order valence-corrected chi connectivity index (χ1v) is 9.59. The molecule has 1 aromatic heterocycles. The zero-order valence-electron chi connectivity index (χ0n) is 16.9. The van der Waals surface area contributed by atoms with Crippen molar-refractivity contribution in [3.63, 3.8) is 0 Å². The first-order chi connectivity index (χ1) is 14.4. The summed E-state index contributed by atoms with van der Waals surface area (Å²) in [4.78, 5) is 44.7. The van der Waals surface area contributed by atoms with Gasteiger partial charge in [0, 0.05) is 18.3 Å². The molecule has 1 atom stereocenters. The second-order valence-corrected chi connectivity index (χ2v) is 6.91. The number of rotatable bonds is 5. The lowest BCUT2D eigenvalue weighted by Gasteiger charge is -2.25. The van der Waals surface area contributed by atoms with Gasteiger partial charge in [-0.15, -0.1) is 0 Å². The van der Waals surface area contributed by atoms with E-state index in [2.05, 4.69) is 4.98 Å². The van der Waals surface area contributed by atoms with Crippen molar-refractivity contribution < 1.29 is 28.3 Å². The highest BCUT2D eigenvalue weighted by Crippen LogP contribution is 2.57. The molecule has 156 valence electrons. The molecule has 0 fully saturated rings. The van der Waals surface area contributed by atoms with Gasteiger partial charge >= 0.3 is 11.9 Å². The summed E-state index contributed by atoms with van der Waals surface area (Å²) < 4.78 is 15.9. The van der Waals surface area contributed by atoms with Gasteiger partial charge in [-0.25, -0.2) is 4.79 Å². The lowest BCUT2D eigenvalue weighted by molar-refractivity contribution is -0.142. The number of nitrogens with two attached hydrogens (primary N) is 1. The van der Waals surface area contributed by atoms with Crippen LogP contribution in [-0.2, 0) is 29.3 Å². The van der Waals surface area contributed by atoms with Crippen molar-refractivity contribution >= 4 is 23.9 Å². The summed E-state index contributed by atoms with van der Waals surface area (Å²) in [5.41, 5.74) is 5.81. The lowest BCUT2D eigenvalue weighted by Crippen LogP contribution is -2.41. The summed E-state index contributed by atoms with van der Waals surface area (Å²) in [7, 11) is 1.51. The molecule has 1 amide bonds. The molecule has 2 aromatic rings. The number of carbonyl (C=O) groups is 3. The normalized spacial score (nSPS) is 19.3. The maximum Gasteiger partial charge on any atom is 0.337 e. The van der Waals surface area contributed by atoms with Crippen LogP contribution in [0.15, 0.2) is 40.0 Å². The van der Waals surface area contributed by atoms with Crippen LogP contribution in [-0.4, -0.2) is 48.0 Å². The second kappa shape index (κ2) is 7.01. The highest BCUT2D eigenvalue weighted by atomic mass is 16.5. The third-order valence-electron chi connectivity index (χ3n) is 5.37. The number of fused-ring (bicyclic) bond motifs is 5. The third kappa shape index (κ3) is 2.47. The molecule has 0 bridgehead atoms. The Hall–Kier alpha value is -3.62. The number of nitrogens with zero attached hydrogens (tertiary/aromatic N) is 2. The monoisotopic (exact) mass is 411 g/mol. The zero-order chi connectivity index (χ0) is 21.6. The minimum Gasteiger partial charge on any atom is -0.466 e. The predicted molar refractivity (Wildman–Crippen MR) is 105 cm³/mol. The maximum absolute atomic E-state index is 13.7. The highest BCUT2D eigenvalue weighted by molar-refractivity contribution is 6.14. The number of anilines is 1. The number of benzene rings is 1. The van der Waals surface area contributed by atoms with Crippen molar-refractivity contribution in [2.24, 2.45) is 0 Å². The number of likely N-dealkylation sites (N-methyl/N-ethyl adjacent to an activating group) is 1. The van der Waals surface area contributed by atoms with Crippen LogP contribution >= 0.6 is 0 Å². The molecule has 9 heteroatoms. The van der Waals surface area contributed by atoms with Crippen LogP contribution < -0.4 is 5.73 Å². The number of ether oxygens (including phenoxy) is 2.